The van der Waals surface area contributed by atoms with Gasteiger partial charge in [0.2, 0.25) is 0 Å². The Morgan fingerprint density at radius 3 is 2.27 bits per heavy atom. The van der Waals surface area contributed by atoms with E-state index in [9.17, 15) is 9.59 Å². The second kappa shape index (κ2) is 4.64. The maximum atomic E-state index is 11.8. The summed E-state index contributed by atoms with van der Waals surface area (Å²) in [7, 11) is 0. The zero-order valence-electron chi connectivity index (χ0n) is 9.91. The summed E-state index contributed by atoms with van der Waals surface area (Å²) < 4.78 is 0. The Labute approximate surface area is 91.0 Å². The maximum absolute atomic E-state index is 11.8. The van der Waals surface area contributed by atoms with E-state index in [4.69, 9.17) is 0 Å². The Balaban J connectivity index is 2.62. The first kappa shape index (κ1) is 12.0. The standard InChI is InChI=1S/C11H20N2O2/c1-7(2)5-9-10(14)13(6-8(3)4)11(15)12-9/h7-9H,5-6H2,1-4H3,(H,12,15)/t9-/m0/s1. The van der Waals surface area contributed by atoms with E-state index < -0.39 is 0 Å². The largest absolute Gasteiger partial charge is 0.326 e. The number of hydrogen-bond donors (Lipinski definition) is 1. The third-order valence-corrected chi connectivity index (χ3v) is 2.36. The van der Waals surface area contributed by atoms with Crippen LogP contribution in [0.5, 0.6) is 0 Å². The molecule has 1 atom stereocenters. The zero-order valence-corrected chi connectivity index (χ0v) is 9.91. The number of carbonyl (C=O) groups is 2. The summed E-state index contributed by atoms with van der Waals surface area (Å²) >= 11 is 0. The van der Waals surface area contributed by atoms with E-state index >= 15 is 0 Å². The fraction of sp³-hybridized carbons (Fsp3) is 0.818. The highest BCUT2D eigenvalue weighted by atomic mass is 16.2. The number of urea groups is 1. The summed E-state index contributed by atoms with van der Waals surface area (Å²) in [5.74, 6) is 0.665. The van der Waals surface area contributed by atoms with Gasteiger partial charge in [0.05, 0.1) is 0 Å². The summed E-state index contributed by atoms with van der Waals surface area (Å²) in [4.78, 5) is 24.7. The SMILES string of the molecule is CC(C)C[C@@H]1NC(=O)N(CC(C)C)C1=O. The average Bonchev–Trinajstić information content (AvgIpc) is 2.31. The normalized spacial score (nSPS) is 21.7. The molecule has 1 aliphatic rings. The van der Waals surface area contributed by atoms with Gasteiger partial charge < -0.3 is 5.32 Å². The van der Waals surface area contributed by atoms with Crippen LogP contribution in [0.2, 0.25) is 0 Å². The molecule has 1 heterocycles. The van der Waals surface area contributed by atoms with E-state index in [2.05, 4.69) is 5.32 Å². The zero-order chi connectivity index (χ0) is 11.6. The molecule has 0 aromatic carbocycles. The Morgan fingerprint density at radius 1 is 1.20 bits per heavy atom. The molecule has 4 nitrogen and oxygen atoms in total. The second-order valence-electron chi connectivity index (χ2n) is 4.97. The third kappa shape index (κ3) is 2.94. The highest BCUT2D eigenvalue weighted by molar-refractivity contribution is 6.04. The van der Waals surface area contributed by atoms with Crippen LogP contribution in [0, 0.1) is 11.8 Å². The van der Waals surface area contributed by atoms with E-state index in [1.54, 1.807) is 0 Å². The van der Waals surface area contributed by atoms with Gasteiger partial charge in [-0.25, -0.2) is 4.79 Å². The fourth-order valence-electron chi connectivity index (χ4n) is 1.75. The molecule has 0 bridgehead atoms. The van der Waals surface area contributed by atoms with Gasteiger partial charge in [-0.2, -0.15) is 0 Å². The summed E-state index contributed by atoms with van der Waals surface area (Å²) in [5.41, 5.74) is 0. The van der Waals surface area contributed by atoms with Gasteiger partial charge in [-0.15, -0.1) is 0 Å². The predicted molar refractivity (Wildman–Crippen MR) is 58.3 cm³/mol. The minimum Gasteiger partial charge on any atom is -0.326 e. The van der Waals surface area contributed by atoms with Crippen molar-refractivity contribution in [2.24, 2.45) is 11.8 Å². The van der Waals surface area contributed by atoms with Crippen LogP contribution in [0.15, 0.2) is 0 Å². The van der Waals surface area contributed by atoms with Crippen LogP contribution in [0.25, 0.3) is 0 Å². The summed E-state index contributed by atoms with van der Waals surface area (Å²) in [6.07, 6.45) is 0.721. The molecule has 0 aromatic rings. The van der Waals surface area contributed by atoms with Crippen molar-refractivity contribution < 1.29 is 9.59 Å². The van der Waals surface area contributed by atoms with Crippen LogP contribution in [0.1, 0.15) is 34.1 Å². The van der Waals surface area contributed by atoms with Crippen LogP contribution < -0.4 is 5.32 Å². The van der Waals surface area contributed by atoms with Gasteiger partial charge in [-0.1, -0.05) is 27.7 Å². The lowest BCUT2D eigenvalue weighted by atomic mass is 10.0. The average molecular weight is 212 g/mol. The number of amides is 3. The van der Waals surface area contributed by atoms with Gasteiger partial charge in [0.25, 0.3) is 5.91 Å². The third-order valence-electron chi connectivity index (χ3n) is 2.36. The molecule has 1 aliphatic heterocycles. The maximum Gasteiger partial charge on any atom is 0.324 e. The first-order valence-corrected chi connectivity index (χ1v) is 5.53. The van der Waals surface area contributed by atoms with Crippen molar-refractivity contribution >= 4 is 11.9 Å². The second-order valence-corrected chi connectivity index (χ2v) is 4.97. The quantitative estimate of drug-likeness (QED) is 0.720. The predicted octanol–water partition coefficient (Wildman–Crippen LogP) is 1.61. The van der Waals surface area contributed by atoms with Crippen molar-refractivity contribution in [1.29, 1.82) is 0 Å². The lowest BCUT2D eigenvalue weighted by molar-refractivity contribution is -0.128. The lowest BCUT2D eigenvalue weighted by Crippen LogP contribution is -2.34. The topological polar surface area (TPSA) is 49.4 Å². The van der Waals surface area contributed by atoms with Gasteiger partial charge in [-0.3, -0.25) is 9.69 Å². The Kier molecular flexibility index (Phi) is 3.72. The smallest absolute Gasteiger partial charge is 0.324 e. The van der Waals surface area contributed by atoms with Crippen LogP contribution in [0.4, 0.5) is 4.79 Å². The molecule has 0 unspecified atom stereocenters. The molecule has 86 valence electrons. The summed E-state index contributed by atoms with van der Waals surface area (Å²) in [6.45, 7) is 8.60. The molecule has 4 heteroatoms. The Hall–Kier alpha value is -1.06. The molecule has 1 saturated heterocycles. The minimum absolute atomic E-state index is 0.0672. The monoisotopic (exact) mass is 212 g/mol. The molecule has 0 aromatic heterocycles. The number of hydrogen-bond acceptors (Lipinski definition) is 2. The van der Waals surface area contributed by atoms with Crippen molar-refractivity contribution in [3.63, 3.8) is 0 Å². The van der Waals surface area contributed by atoms with Crippen molar-refractivity contribution in [3.8, 4) is 0 Å². The highest BCUT2D eigenvalue weighted by Crippen LogP contribution is 2.15. The molecule has 1 rings (SSSR count). The number of carbonyl (C=O) groups excluding carboxylic acids is 2. The van der Waals surface area contributed by atoms with Gasteiger partial charge in [0, 0.05) is 6.54 Å². The number of nitrogens with one attached hydrogen (secondary N) is 1. The molecule has 0 aliphatic carbocycles. The highest BCUT2D eigenvalue weighted by Gasteiger charge is 2.37. The van der Waals surface area contributed by atoms with Crippen LogP contribution in [0.3, 0.4) is 0 Å². The summed E-state index contributed by atoms with van der Waals surface area (Å²) in [6, 6.07) is -0.546. The first-order chi connectivity index (χ1) is 6.91. The van der Waals surface area contributed by atoms with E-state index in [1.165, 1.54) is 4.90 Å². The van der Waals surface area contributed by atoms with Crippen molar-refractivity contribution in [1.82, 2.24) is 10.2 Å². The minimum atomic E-state index is -0.309. The first-order valence-electron chi connectivity index (χ1n) is 5.53. The molecule has 0 saturated carbocycles. The Morgan fingerprint density at radius 2 is 1.80 bits per heavy atom. The molecular weight excluding hydrogens is 192 g/mol. The van der Waals surface area contributed by atoms with E-state index in [0.29, 0.717) is 18.4 Å². The van der Waals surface area contributed by atoms with Gasteiger partial charge >= 0.3 is 6.03 Å². The molecule has 3 amide bonds. The molecule has 0 spiro atoms. The molecule has 1 fully saturated rings. The molecule has 15 heavy (non-hydrogen) atoms. The van der Waals surface area contributed by atoms with Crippen molar-refractivity contribution in [3.05, 3.63) is 0 Å². The van der Waals surface area contributed by atoms with Crippen LogP contribution in [-0.4, -0.2) is 29.4 Å². The Bertz CT molecular complexity index is 261. The molecule has 0 radical (unpaired) electrons. The van der Waals surface area contributed by atoms with Crippen LogP contribution >= 0.6 is 0 Å². The van der Waals surface area contributed by atoms with Gasteiger partial charge in [-0.05, 0) is 18.3 Å². The van der Waals surface area contributed by atoms with Gasteiger partial charge in [0.15, 0.2) is 0 Å². The van der Waals surface area contributed by atoms with Gasteiger partial charge in [0.1, 0.15) is 6.04 Å². The van der Waals surface area contributed by atoms with Crippen molar-refractivity contribution in [2.45, 2.75) is 40.2 Å². The number of rotatable bonds is 4. The fourth-order valence-corrected chi connectivity index (χ4v) is 1.75. The van der Waals surface area contributed by atoms with Crippen molar-refractivity contribution in [2.75, 3.05) is 6.54 Å². The summed E-state index contributed by atoms with van der Waals surface area (Å²) in [5, 5.41) is 2.73. The van der Waals surface area contributed by atoms with Crippen LogP contribution in [-0.2, 0) is 4.79 Å². The lowest BCUT2D eigenvalue weighted by Gasteiger charge is -2.15. The molecule has 1 N–H and O–H groups in total. The van der Waals surface area contributed by atoms with E-state index in [-0.39, 0.29) is 18.0 Å². The van der Waals surface area contributed by atoms with E-state index in [1.807, 2.05) is 27.7 Å². The molecular formula is C11H20N2O2. The number of imide groups is 1. The van der Waals surface area contributed by atoms with E-state index in [0.717, 1.165) is 6.42 Å². The number of nitrogens with zero attached hydrogens (tertiary/aromatic N) is 1.